The van der Waals surface area contributed by atoms with Gasteiger partial charge in [-0.05, 0) is 50.5 Å². The Morgan fingerprint density at radius 1 is 0.970 bits per heavy atom. The number of aryl methyl sites for hydroxylation is 2. The van der Waals surface area contributed by atoms with Gasteiger partial charge in [-0.2, -0.15) is 4.31 Å². The number of carbonyl (C=O) groups excluding carboxylic acids is 1. The molecule has 1 amide bonds. The van der Waals surface area contributed by atoms with E-state index in [1.807, 2.05) is 44.2 Å². The van der Waals surface area contributed by atoms with Gasteiger partial charge in [-0.25, -0.2) is 12.8 Å². The minimum absolute atomic E-state index is 0.0642. The predicted octanol–water partition coefficient (Wildman–Crippen LogP) is 4.46. The molecular formula is C26H29FN2O3S. The van der Waals surface area contributed by atoms with Crippen LogP contribution in [-0.2, 0) is 27.8 Å². The molecule has 3 rings (SSSR count). The highest BCUT2D eigenvalue weighted by atomic mass is 32.2. The number of sulfonamides is 1. The predicted molar refractivity (Wildman–Crippen MR) is 128 cm³/mol. The van der Waals surface area contributed by atoms with Crippen LogP contribution in [0.5, 0.6) is 0 Å². The maximum Gasteiger partial charge on any atom is 0.243 e. The number of carbonyl (C=O) groups is 1. The molecular weight excluding hydrogens is 439 g/mol. The van der Waals surface area contributed by atoms with E-state index in [4.69, 9.17) is 0 Å². The number of benzene rings is 3. The van der Waals surface area contributed by atoms with E-state index in [2.05, 4.69) is 5.32 Å². The molecule has 0 aromatic heterocycles. The van der Waals surface area contributed by atoms with Crippen molar-refractivity contribution in [3.8, 4) is 0 Å². The van der Waals surface area contributed by atoms with Crippen molar-refractivity contribution in [3.63, 3.8) is 0 Å². The van der Waals surface area contributed by atoms with E-state index in [-0.39, 0.29) is 23.0 Å². The number of hydrogen-bond acceptors (Lipinski definition) is 3. The highest BCUT2D eigenvalue weighted by molar-refractivity contribution is 7.89. The Morgan fingerprint density at radius 3 is 2.27 bits per heavy atom. The molecule has 1 N–H and O–H groups in total. The van der Waals surface area contributed by atoms with E-state index in [1.54, 1.807) is 24.3 Å². The Bertz CT molecular complexity index is 1170. The van der Waals surface area contributed by atoms with E-state index in [0.717, 1.165) is 16.3 Å². The summed E-state index contributed by atoms with van der Waals surface area (Å²) in [7, 11) is -4.01. The molecule has 0 unspecified atom stereocenters. The van der Waals surface area contributed by atoms with Crippen LogP contribution in [0.3, 0.4) is 0 Å². The van der Waals surface area contributed by atoms with Gasteiger partial charge in [-0.15, -0.1) is 0 Å². The lowest BCUT2D eigenvalue weighted by Gasteiger charge is -2.23. The summed E-state index contributed by atoms with van der Waals surface area (Å²) in [4.78, 5) is 12.8. The van der Waals surface area contributed by atoms with Crippen molar-refractivity contribution < 1.29 is 17.6 Å². The molecule has 0 radical (unpaired) electrons. The minimum atomic E-state index is -4.01. The lowest BCUT2D eigenvalue weighted by Crippen LogP contribution is -2.43. The molecule has 7 heteroatoms. The molecule has 0 aliphatic carbocycles. The maximum atomic E-state index is 14.3. The molecule has 0 aliphatic rings. The van der Waals surface area contributed by atoms with Crippen molar-refractivity contribution >= 4 is 15.9 Å². The largest absolute Gasteiger partial charge is 0.352 e. The molecule has 0 saturated heterocycles. The third-order valence-electron chi connectivity index (χ3n) is 5.40. The van der Waals surface area contributed by atoms with Gasteiger partial charge in [0.2, 0.25) is 15.9 Å². The van der Waals surface area contributed by atoms with Gasteiger partial charge in [0.1, 0.15) is 5.82 Å². The summed E-state index contributed by atoms with van der Waals surface area (Å²) in [5.74, 6) is -0.944. The van der Waals surface area contributed by atoms with Gasteiger partial charge in [0.15, 0.2) is 0 Å². The fourth-order valence-electron chi connectivity index (χ4n) is 3.48. The van der Waals surface area contributed by atoms with Gasteiger partial charge >= 0.3 is 0 Å². The van der Waals surface area contributed by atoms with Crippen LogP contribution >= 0.6 is 0 Å². The topological polar surface area (TPSA) is 66.5 Å². The second kappa shape index (κ2) is 11.2. The number of halogens is 1. The molecule has 3 aromatic carbocycles. The Morgan fingerprint density at radius 2 is 1.61 bits per heavy atom. The first-order valence-corrected chi connectivity index (χ1v) is 12.3. The standard InChI is InChI=1S/C26H29FN2O3S/c1-20-12-16-24(17-13-20)33(31,32)29(18-23-10-6-7-11-25(23)27)19-26(30)28-21(2)14-15-22-8-4-3-5-9-22/h3-13,16-17,21H,14-15,18-19H2,1-2H3,(H,28,30)/t21-/m0/s1. The van der Waals surface area contributed by atoms with Gasteiger partial charge in [-0.1, -0.05) is 66.2 Å². The van der Waals surface area contributed by atoms with Crippen LogP contribution in [0.2, 0.25) is 0 Å². The van der Waals surface area contributed by atoms with Gasteiger partial charge in [0.25, 0.3) is 0 Å². The minimum Gasteiger partial charge on any atom is -0.352 e. The third kappa shape index (κ3) is 6.97. The van der Waals surface area contributed by atoms with E-state index in [0.29, 0.717) is 6.42 Å². The first kappa shape index (κ1) is 24.6. The van der Waals surface area contributed by atoms with E-state index < -0.39 is 28.3 Å². The van der Waals surface area contributed by atoms with Crippen LogP contribution in [0, 0.1) is 12.7 Å². The zero-order valence-corrected chi connectivity index (χ0v) is 19.7. The number of nitrogens with zero attached hydrogens (tertiary/aromatic N) is 1. The van der Waals surface area contributed by atoms with Crippen LogP contribution in [0.4, 0.5) is 4.39 Å². The summed E-state index contributed by atoms with van der Waals surface area (Å²) < 4.78 is 41.9. The van der Waals surface area contributed by atoms with Crippen LogP contribution in [0.15, 0.2) is 83.8 Å². The fourth-order valence-corrected chi connectivity index (χ4v) is 4.86. The lowest BCUT2D eigenvalue weighted by atomic mass is 10.1. The molecule has 5 nitrogen and oxygen atoms in total. The van der Waals surface area contributed by atoms with Crippen molar-refractivity contribution in [2.45, 2.75) is 44.2 Å². The van der Waals surface area contributed by atoms with Crippen molar-refractivity contribution in [2.24, 2.45) is 0 Å². The first-order chi connectivity index (χ1) is 15.8. The number of hydrogen-bond donors (Lipinski definition) is 1. The van der Waals surface area contributed by atoms with E-state index in [1.165, 1.54) is 29.8 Å². The molecule has 1 atom stereocenters. The molecule has 0 aliphatic heterocycles. The van der Waals surface area contributed by atoms with Crippen LogP contribution < -0.4 is 5.32 Å². The Hall–Kier alpha value is -3.03. The van der Waals surface area contributed by atoms with Gasteiger partial charge in [-0.3, -0.25) is 4.79 Å². The SMILES string of the molecule is Cc1ccc(S(=O)(=O)N(CC(=O)N[C@@H](C)CCc2ccccc2)Cc2ccccc2F)cc1. The quantitative estimate of drug-likeness (QED) is 0.478. The van der Waals surface area contributed by atoms with Crippen molar-refractivity contribution in [1.29, 1.82) is 0 Å². The second-order valence-electron chi connectivity index (χ2n) is 8.17. The summed E-state index contributed by atoms with van der Waals surface area (Å²) in [6, 6.07) is 22.2. The first-order valence-electron chi connectivity index (χ1n) is 10.9. The Kier molecular flexibility index (Phi) is 8.36. The van der Waals surface area contributed by atoms with Gasteiger partial charge in [0, 0.05) is 18.2 Å². The maximum absolute atomic E-state index is 14.3. The highest BCUT2D eigenvalue weighted by Crippen LogP contribution is 2.20. The smallest absolute Gasteiger partial charge is 0.243 e. The monoisotopic (exact) mass is 468 g/mol. The lowest BCUT2D eigenvalue weighted by molar-refractivity contribution is -0.122. The zero-order chi connectivity index (χ0) is 23.8. The average molecular weight is 469 g/mol. The average Bonchev–Trinajstić information content (AvgIpc) is 2.79. The summed E-state index contributed by atoms with van der Waals surface area (Å²) in [5.41, 5.74) is 2.29. The number of amides is 1. The van der Waals surface area contributed by atoms with Gasteiger partial charge < -0.3 is 5.32 Å². The van der Waals surface area contributed by atoms with Crippen molar-refractivity contribution in [2.75, 3.05) is 6.54 Å². The van der Waals surface area contributed by atoms with Crippen molar-refractivity contribution in [3.05, 3.63) is 101 Å². The molecule has 33 heavy (non-hydrogen) atoms. The molecule has 0 bridgehead atoms. The van der Waals surface area contributed by atoms with Crippen LogP contribution in [-0.4, -0.2) is 31.2 Å². The zero-order valence-electron chi connectivity index (χ0n) is 18.9. The van der Waals surface area contributed by atoms with E-state index in [9.17, 15) is 17.6 Å². The Labute approximate surface area is 195 Å². The third-order valence-corrected chi connectivity index (χ3v) is 7.21. The Balaban J connectivity index is 1.73. The summed E-state index contributed by atoms with van der Waals surface area (Å²) in [6.07, 6.45) is 1.51. The number of nitrogens with one attached hydrogen (secondary N) is 1. The fraction of sp³-hybridized carbons (Fsp3) is 0.269. The molecule has 0 heterocycles. The van der Waals surface area contributed by atoms with Crippen LogP contribution in [0.1, 0.15) is 30.0 Å². The summed E-state index contributed by atoms with van der Waals surface area (Å²) >= 11 is 0. The molecule has 0 saturated carbocycles. The summed E-state index contributed by atoms with van der Waals surface area (Å²) in [6.45, 7) is 3.10. The molecule has 0 spiro atoms. The summed E-state index contributed by atoms with van der Waals surface area (Å²) in [5, 5.41) is 2.87. The highest BCUT2D eigenvalue weighted by Gasteiger charge is 2.28. The van der Waals surface area contributed by atoms with Crippen LogP contribution in [0.25, 0.3) is 0 Å². The molecule has 174 valence electrons. The molecule has 0 fully saturated rings. The van der Waals surface area contributed by atoms with Gasteiger partial charge in [0.05, 0.1) is 11.4 Å². The van der Waals surface area contributed by atoms with Crippen molar-refractivity contribution in [1.82, 2.24) is 9.62 Å². The van der Waals surface area contributed by atoms with E-state index >= 15 is 0 Å². The second-order valence-corrected chi connectivity index (χ2v) is 10.1. The number of rotatable bonds is 10. The molecule has 3 aromatic rings. The normalized spacial score (nSPS) is 12.5.